The number of piperidine rings is 3. The summed E-state index contributed by atoms with van der Waals surface area (Å²) in [6, 6.07) is 11.7. The van der Waals surface area contributed by atoms with Crippen molar-refractivity contribution in [2.45, 2.75) is 135 Å². The monoisotopic (exact) mass is 1130 g/mol. The Balaban J connectivity index is 0.708. The molecule has 2 N–H and O–H groups in total. The van der Waals surface area contributed by atoms with E-state index >= 15 is 8.78 Å². The Kier molecular flexibility index (Phi) is 15.5. The van der Waals surface area contributed by atoms with Crippen LogP contribution >= 0.6 is 0 Å². The number of hydrogen-bond acceptors (Lipinski definition) is 14. The van der Waals surface area contributed by atoms with Crippen LogP contribution < -0.4 is 19.7 Å². The van der Waals surface area contributed by atoms with Crippen molar-refractivity contribution in [1.29, 1.82) is 5.26 Å². The molecule has 0 bridgehead atoms. The molecule has 5 aromatic rings. The van der Waals surface area contributed by atoms with E-state index in [0.29, 0.717) is 80.8 Å². The Bertz CT molecular complexity index is 3490. The van der Waals surface area contributed by atoms with Crippen molar-refractivity contribution in [3.8, 4) is 47.3 Å². The van der Waals surface area contributed by atoms with E-state index < -0.39 is 11.6 Å². The number of terminal acetylenes is 1. The van der Waals surface area contributed by atoms with E-state index in [0.717, 1.165) is 102 Å². The maximum absolute atomic E-state index is 17.8. The number of piperazine rings is 1. The third-order valence-electron chi connectivity index (χ3n) is 19.0. The van der Waals surface area contributed by atoms with Gasteiger partial charge in [0, 0.05) is 111 Å². The molecule has 3 atom stereocenters. The normalized spacial score (nSPS) is 22.4. The second-order valence-corrected chi connectivity index (χ2v) is 24.3. The van der Waals surface area contributed by atoms with Gasteiger partial charge in [0.2, 0.25) is 17.7 Å². The molecule has 6 aliphatic heterocycles. The van der Waals surface area contributed by atoms with Gasteiger partial charge in [-0.25, -0.2) is 13.8 Å². The molecule has 0 spiro atoms. The number of nitrogens with zero attached hydrogens (tertiary/aromatic N) is 10. The standard InChI is InChI=1S/C64H73F2N11O6/c1-6-44-34-75(35-45(7-2)77(44)54(80)10-9-21-67)60-56-59(57(66)58(69-61(56)82-5)50-29-47(78)27-40-11-12-51(65)48(8-3)55(40)50)70-63(71-60)83-37-64(19-20-64)36-73-22-15-39(16-23-73)30-72-24-17-46(18-25-72)74-31-41-26-43-33-76(52-13-14-53(79)68-38(52)4)62(81)49(43)28-42(41)32-74/h3,11-12,26-29,39,44-46,52,78H,4,6-7,9-10,13-20,22-25,30-37H2,1-2,5H3,(H,68,79). The van der Waals surface area contributed by atoms with Crippen LogP contribution in [0.25, 0.3) is 32.9 Å². The first-order valence-corrected chi connectivity index (χ1v) is 29.7. The topological polar surface area (TPSA) is 184 Å². The van der Waals surface area contributed by atoms with E-state index in [1.165, 1.54) is 42.5 Å². The van der Waals surface area contributed by atoms with E-state index in [1.807, 2.05) is 28.5 Å². The number of rotatable bonds is 16. The average Bonchev–Trinajstić information content (AvgIpc) is 4.24. The minimum absolute atomic E-state index is 0.000180. The molecule has 12 rings (SSSR count). The summed E-state index contributed by atoms with van der Waals surface area (Å²) < 4.78 is 45.7. The first kappa shape index (κ1) is 56.1. The smallest absolute Gasteiger partial charge is 0.319 e. The summed E-state index contributed by atoms with van der Waals surface area (Å²) in [6.45, 7) is 17.6. The van der Waals surface area contributed by atoms with Crippen LogP contribution in [0, 0.1) is 46.6 Å². The lowest BCUT2D eigenvalue weighted by molar-refractivity contribution is -0.137. The van der Waals surface area contributed by atoms with Crippen molar-refractivity contribution < 1.29 is 37.7 Å². The fraction of sp³-hybridized carbons (Fsp3) is 0.516. The SMILES string of the molecule is C#Cc1c(F)ccc2cc(O)cc(-c3nc(OC)c4c(N5CC(CC)N(C(=O)CCC#N)C(CC)C5)nc(OCC5(CN6CCC(CN7CCC(N8Cc9cc%10c(cc9C8)C(=O)N(C8CCC(=O)NC8=C)C%10)CC7)CC6)CC5)nc4c3F)c12. The van der Waals surface area contributed by atoms with Gasteiger partial charge in [0.1, 0.15) is 34.0 Å². The Morgan fingerprint density at radius 2 is 1.63 bits per heavy atom. The molecule has 5 fully saturated rings. The number of hydrogen-bond donors (Lipinski definition) is 2. The zero-order valence-electron chi connectivity index (χ0n) is 47.8. The number of halogens is 2. The minimum Gasteiger partial charge on any atom is -0.508 e. The van der Waals surface area contributed by atoms with Crippen LogP contribution in [0.15, 0.2) is 48.7 Å². The summed E-state index contributed by atoms with van der Waals surface area (Å²) in [5.41, 5.74) is 4.49. The van der Waals surface area contributed by atoms with Crippen molar-refractivity contribution >= 4 is 45.2 Å². The van der Waals surface area contributed by atoms with Gasteiger partial charge in [0.05, 0.1) is 31.4 Å². The number of benzene rings is 3. The zero-order chi connectivity index (χ0) is 57.8. The Morgan fingerprint density at radius 1 is 0.904 bits per heavy atom. The van der Waals surface area contributed by atoms with Gasteiger partial charge in [-0.3, -0.25) is 19.3 Å². The Hall–Kier alpha value is -7.45. The number of anilines is 1. The number of carbonyl (C=O) groups excluding carboxylic acids is 3. The van der Waals surface area contributed by atoms with E-state index in [-0.39, 0.29) is 105 Å². The average molecular weight is 1130 g/mol. The van der Waals surface area contributed by atoms with E-state index in [2.05, 4.69) is 50.7 Å². The van der Waals surface area contributed by atoms with Gasteiger partial charge in [-0.2, -0.15) is 15.2 Å². The Labute approximate surface area is 483 Å². The number of aromatic hydroxyl groups is 1. The number of phenolic OH excluding ortho intramolecular Hbond substituents is 1. The number of nitrogens with one attached hydrogen (secondary N) is 1. The fourth-order valence-electron chi connectivity index (χ4n) is 14.3. The number of likely N-dealkylation sites (tertiary alicyclic amines) is 2. The molecule has 17 nitrogen and oxygen atoms in total. The van der Waals surface area contributed by atoms with Crippen LogP contribution in [-0.4, -0.2) is 153 Å². The summed E-state index contributed by atoms with van der Waals surface area (Å²) >= 11 is 0. The Morgan fingerprint density at radius 3 is 2.30 bits per heavy atom. The molecule has 19 heteroatoms. The van der Waals surface area contributed by atoms with Crippen LogP contribution in [0.2, 0.25) is 0 Å². The van der Waals surface area contributed by atoms with Crippen LogP contribution in [0.4, 0.5) is 14.6 Å². The molecule has 3 unspecified atom stereocenters. The van der Waals surface area contributed by atoms with Gasteiger partial charge in [0.15, 0.2) is 5.82 Å². The predicted molar refractivity (Wildman–Crippen MR) is 310 cm³/mol. The second-order valence-electron chi connectivity index (χ2n) is 24.3. The molecule has 3 aromatic carbocycles. The lowest BCUT2D eigenvalue weighted by Crippen LogP contribution is -2.60. The highest BCUT2D eigenvalue weighted by Crippen LogP contribution is 2.48. The molecule has 83 heavy (non-hydrogen) atoms. The van der Waals surface area contributed by atoms with Crippen molar-refractivity contribution in [2.24, 2.45) is 11.3 Å². The number of carbonyl (C=O) groups is 3. The molecule has 7 aliphatic rings. The van der Waals surface area contributed by atoms with E-state index in [1.54, 1.807) is 0 Å². The minimum atomic E-state index is -0.860. The number of ether oxygens (including phenoxy) is 2. The molecule has 0 radical (unpaired) electrons. The van der Waals surface area contributed by atoms with Crippen molar-refractivity contribution in [3.05, 3.63) is 88.1 Å². The first-order valence-electron chi connectivity index (χ1n) is 29.7. The number of amides is 3. The van der Waals surface area contributed by atoms with Crippen molar-refractivity contribution in [1.82, 2.24) is 44.8 Å². The quantitative estimate of drug-likeness (QED) is 0.0898. The van der Waals surface area contributed by atoms with Crippen molar-refractivity contribution in [3.63, 3.8) is 0 Å². The number of phenols is 1. The van der Waals surface area contributed by atoms with Crippen LogP contribution in [-0.2, 0) is 29.2 Å². The number of fused-ring (bicyclic) bond motifs is 4. The largest absolute Gasteiger partial charge is 0.508 e. The second kappa shape index (κ2) is 23.0. The maximum atomic E-state index is 17.8. The molecule has 3 amide bonds. The van der Waals surface area contributed by atoms with Gasteiger partial charge >= 0.3 is 6.01 Å². The highest BCUT2D eigenvalue weighted by Gasteiger charge is 2.46. The third kappa shape index (κ3) is 10.8. The highest BCUT2D eigenvalue weighted by atomic mass is 19.1. The number of pyridine rings is 1. The number of aromatic nitrogens is 3. The summed E-state index contributed by atoms with van der Waals surface area (Å²) in [4.78, 5) is 67.4. The van der Waals surface area contributed by atoms with E-state index in [9.17, 15) is 24.8 Å². The summed E-state index contributed by atoms with van der Waals surface area (Å²) in [5.74, 6) is 1.54. The van der Waals surface area contributed by atoms with Gasteiger partial charge in [0.25, 0.3) is 5.91 Å². The van der Waals surface area contributed by atoms with Gasteiger partial charge in [-0.1, -0.05) is 38.5 Å². The van der Waals surface area contributed by atoms with E-state index in [4.69, 9.17) is 30.8 Å². The molecular weight excluding hydrogens is 1060 g/mol. The molecular formula is C64H73F2N11O6. The number of methoxy groups -OCH3 is 1. The lowest BCUT2D eigenvalue weighted by Gasteiger charge is -2.47. The molecule has 1 saturated carbocycles. The van der Waals surface area contributed by atoms with Gasteiger partial charge < -0.3 is 44.4 Å². The summed E-state index contributed by atoms with van der Waals surface area (Å²) in [7, 11) is 1.42. The molecule has 4 saturated heterocycles. The first-order chi connectivity index (χ1) is 40.2. The van der Waals surface area contributed by atoms with Crippen LogP contribution in [0.5, 0.6) is 17.6 Å². The van der Waals surface area contributed by atoms with Gasteiger partial charge in [-0.15, -0.1) is 6.42 Å². The fourth-order valence-corrected chi connectivity index (χ4v) is 14.3. The summed E-state index contributed by atoms with van der Waals surface area (Å²) in [6.07, 6.45) is 14.8. The lowest BCUT2D eigenvalue weighted by atomic mass is 9.93. The van der Waals surface area contributed by atoms with Crippen LogP contribution in [0.3, 0.4) is 0 Å². The molecule has 434 valence electrons. The van der Waals surface area contributed by atoms with Gasteiger partial charge in [-0.05, 0) is 136 Å². The third-order valence-corrected chi connectivity index (χ3v) is 19.0. The maximum Gasteiger partial charge on any atom is 0.319 e. The van der Waals surface area contributed by atoms with Crippen molar-refractivity contribution in [2.75, 3.05) is 71.0 Å². The van der Waals surface area contributed by atoms with Crippen LogP contribution in [0.1, 0.15) is 124 Å². The molecule has 2 aromatic heterocycles. The molecule has 8 heterocycles. The predicted octanol–water partition coefficient (Wildman–Crippen LogP) is 8.43. The summed E-state index contributed by atoms with van der Waals surface area (Å²) in [5, 5.41) is 23.9. The zero-order valence-corrected chi connectivity index (χ0v) is 47.8. The molecule has 1 aliphatic carbocycles. The number of nitriles is 1. The highest BCUT2D eigenvalue weighted by molar-refractivity contribution is 6.04.